The Labute approximate surface area is 85.7 Å². The van der Waals surface area contributed by atoms with E-state index in [0.29, 0.717) is 16.7 Å². The van der Waals surface area contributed by atoms with Gasteiger partial charge in [0.05, 0.1) is 0 Å². The number of aromatic nitrogens is 1. The smallest absolute Gasteiger partial charge is 0.174 e. The maximum absolute atomic E-state index is 13.3. The van der Waals surface area contributed by atoms with Crippen molar-refractivity contribution in [3.05, 3.63) is 36.3 Å². The fourth-order valence-corrected chi connectivity index (χ4v) is 1.34. The molecule has 0 saturated heterocycles. The van der Waals surface area contributed by atoms with Gasteiger partial charge in [-0.25, -0.2) is 4.39 Å². The van der Waals surface area contributed by atoms with Gasteiger partial charge in [0, 0.05) is 11.6 Å². The highest BCUT2D eigenvalue weighted by Gasteiger charge is 2.06. The number of benzene rings is 1. The third-order valence-electron chi connectivity index (χ3n) is 1.97. The lowest BCUT2D eigenvalue weighted by atomic mass is 10.2. The average Bonchev–Trinajstić information content (AvgIpc) is 2.29. The molecule has 0 fully saturated rings. The van der Waals surface area contributed by atoms with E-state index in [1.54, 1.807) is 18.3 Å². The molecule has 1 aromatic heterocycles. The molecule has 1 aromatic carbocycles. The Hall–Kier alpha value is -2.15. The lowest BCUT2D eigenvalue weighted by Crippen LogP contribution is -1.96. The predicted octanol–water partition coefficient (Wildman–Crippen LogP) is 2.28. The van der Waals surface area contributed by atoms with Crippen molar-refractivity contribution in [2.75, 3.05) is 6.61 Å². The van der Waals surface area contributed by atoms with Crippen LogP contribution in [0.3, 0.4) is 0 Å². The quantitative estimate of drug-likeness (QED) is 0.750. The zero-order valence-electron chi connectivity index (χ0n) is 7.77. The molecule has 0 aliphatic rings. The molecular formula is C11H7FN2O. The van der Waals surface area contributed by atoms with Gasteiger partial charge in [0.15, 0.2) is 6.61 Å². The first-order valence-corrected chi connectivity index (χ1v) is 4.36. The first-order chi connectivity index (χ1) is 7.33. The molecule has 15 heavy (non-hydrogen) atoms. The lowest BCUT2D eigenvalue weighted by Gasteiger charge is -2.05. The maximum atomic E-state index is 13.3. The molecule has 0 amide bonds. The summed E-state index contributed by atoms with van der Waals surface area (Å²) < 4.78 is 18.5. The lowest BCUT2D eigenvalue weighted by molar-refractivity contribution is 0.371. The third-order valence-corrected chi connectivity index (χ3v) is 1.97. The number of halogens is 1. The van der Waals surface area contributed by atoms with E-state index in [-0.39, 0.29) is 12.4 Å². The summed E-state index contributed by atoms with van der Waals surface area (Å²) in [6.45, 7) is -0.0721. The third kappa shape index (κ3) is 1.72. The molecule has 0 spiro atoms. The number of fused-ring (bicyclic) bond motifs is 1. The van der Waals surface area contributed by atoms with Crippen LogP contribution in [0.2, 0.25) is 0 Å². The fraction of sp³-hybridized carbons (Fsp3) is 0.0909. The predicted molar refractivity (Wildman–Crippen MR) is 52.8 cm³/mol. The van der Waals surface area contributed by atoms with Crippen molar-refractivity contribution in [1.82, 2.24) is 4.98 Å². The minimum Gasteiger partial charge on any atom is -0.476 e. The van der Waals surface area contributed by atoms with Gasteiger partial charge < -0.3 is 4.74 Å². The Bertz CT molecular complexity index is 534. The van der Waals surface area contributed by atoms with Crippen molar-refractivity contribution < 1.29 is 9.13 Å². The van der Waals surface area contributed by atoms with Crippen LogP contribution < -0.4 is 4.74 Å². The zero-order valence-corrected chi connectivity index (χ0v) is 7.77. The van der Waals surface area contributed by atoms with E-state index in [9.17, 15) is 4.39 Å². The Morgan fingerprint density at radius 2 is 2.27 bits per heavy atom. The Morgan fingerprint density at radius 3 is 3.07 bits per heavy atom. The number of ether oxygens (including phenoxy) is 1. The van der Waals surface area contributed by atoms with Gasteiger partial charge in [-0.2, -0.15) is 5.26 Å². The van der Waals surface area contributed by atoms with Gasteiger partial charge in [0.1, 0.15) is 23.2 Å². The normalized spacial score (nSPS) is 9.87. The van der Waals surface area contributed by atoms with Crippen LogP contribution in [0.25, 0.3) is 10.9 Å². The van der Waals surface area contributed by atoms with Crippen LogP contribution in [0.5, 0.6) is 5.75 Å². The number of nitriles is 1. The number of rotatable bonds is 2. The molecule has 2 aromatic rings. The molecule has 0 N–H and O–H groups in total. The Kier molecular flexibility index (Phi) is 2.46. The first-order valence-electron chi connectivity index (χ1n) is 4.36. The second kappa shape index (κ2) is 3.93. The fourth-order valence-electron chi connectivity index (χ4n) is 1.34. The second-order valence-electron chi connectivity index (χ2n) is 2.89. The molecule has 0 aliphatic carbocycles. The van der Waals surface area contributed by atoms with E-state index >= 15 is 0 Å². The molecule has 2 rings (SSSR count). The second-order valence-corrected chi connectivity index (χ2v) is 2.89. The number of pyridine rings is 1. The Morgan fingerprint density at radius 1 is 1.40 bits per heavy atom. The molecule has 0 radical (unpaired) electrons. The van der Waals surface area contributed by atoms with Gasteiger partial charge in [-0.3, -0.25) is 4.98 Å². The van der Waals surface area contributed by atoms with Gasteiger partial charge in [0.25, 0.3) is 0 Å². The molecule has 0 atom stereocenters. The van der Waals surface area contributed by atoms with Gasteiger partial charge in [-0.05, 0) is 24.3 Å². The zero-order chi connectivity index (χ0) is 10.7. The van der Waals surface area contributed by atoms with E-state index in [1.165, 1.54) is 12.1 Å². The highest BCUT2D eigenvalue weighted by Crippen LogP contribution is 2.25. The molecular weight excluding hydrogens is 195 g/mol. The van der Waals surface area contributed by atoms with Crippen LogP contribution in [0.15, 0.2) is 30.5 Å². The minimum absolute atomic E-state index is 0.0721. The summed E-state index contributed by atoms with van der Waals surface area (Å²) in [4.78, 5) is 4.02. The van der Waals surface area contributed by atoms with Crippen molar-refractivity contribution in [2.45, 2.75) is 0 Å². The highest BCUT2D eigenvalue weighted by atomic mass is 19.1. The van der Waals surface area contributed by atoms with E-state index in [1.807, 2.05) is 6.07 Å². The van der Waals surface area contributed by atoms with Crippen molar-refractivity contribution in [1.29, 1.82) is 5.26 Å². The first kappa shape index (κ1) is 9.41. The molecule has 0 aliphatic heterocycles. The summed E-state index contributed by atoms with van der Waals surface area (Å²) in [7, 11) is 0. The van der Waals surface area contributed by atoms with E-state index in [4.69, 9.17) is 10.00 Å². The van der Waals surface area contributed by atoms with Gasteiger partial charge in [-0.1, -0.05) is 0 Å². The SMILES string of the molecule is N#CCOc1ccc(F)c2cccnc12. The summed E-state index contributed by atoms with van der Waals surface area (Å²) in [6, 6.07) is 7.90. The Balaban J connectivity index is 2.57. The maximum Gasteiger partial charge on any atom is 0.174 e. The van der Waals surface area contributed by atoms with E-state index in [0.717, 1.165) is 0 Å². The molecule has 0 saturated carbocycles. The van der Waals surface area contributed by atoms with Crippen LogP contribution in [0.4, 0.5) is 4.39 Å². The summed E-state index contributed by atoms with van der Waals surface area (Å²) in [5, 5.41) is 8.78. The molecule has 0 unspecified atom stereocenters. The average molecular weight is 202 g/mol. The molecule has 4 heteroatoms. The van der Waals surface area contributed by atoms with E-state index in [2.05, 4.69) is 4.98 Å². The topological polar surface area (TPSA) is 45.9 Å². The van der Waals surface area contributed by atoms with Crippen LogP contribution in [-0.2, 0) is 0 Å². The summed E-state index contributed by atoms with van der Waals surface area (Å²) >= 11 is 0. The summed E-state index contributed by atoms with van der Waals surface area (Å²) in [6.07, 6.45) is 1.56. The molecule has 3 nitrogen and oxygen atoms in total. The highest BCUT2D eigenvalue weighted by molar-refractivity contribution is 5.84. The standard InChI is InChI=1S/C11H7FN2O/c12-9-3-4-10(15-7-5-13)11-8(9)2-1-6-14-11/h1-4,6H,7H2. The van der Waals surface area contributed by atoms with Gasteiger partial charge in [0.2, 0.25) is 0 Å². The molecule has 74 valence electrons. The summed E-state index contributed by atoms with van der Waals surface area (Å²) in [5.41, 5.74) is 0.438. The molecule has 1 heterocycles. The van der Waals surface area contributed by atoms with Crippen molar-refractivity contribution >= 4 is 10.9 Å². The number of nitrogens with zero attached hydrogens (tertiary/aromatic N) is 2. The number of hydrogen-bond acceptors (Lipinski definition) is 3. The van der Waals surface area contributed by atoms with Crippen LogP contribution in [-0.4, -0.2) is 11.6 Å². The van der Waals surface area contributed by atoms with E-state index < -0.39 is 0 Å². The molecule has 0 bridgehead atoms. The van der Waals surface area contributed by atoms with Gasteiger partial charge in [-0.15, -0.1) is 0 Å². The minimum atomic E-state index is -0.345. The van der Waals surface area contributed by atoms with Crippen LogP contribution in [0, 0.1) is 17.1 Å². The van der Waals surface area contributed by atoms with Crippen molar-refractivity contribution in [3.63, 3.8) is 0 Å². The van der Waals surface area contributed by atoms with Crippen molar-refractivity contribution in [2.24, 2.45) is 0 Å². The number of hydrogen-bond donors (Lipinski definition) is 0. The van der Waals surface area contributed by atoms with Crippen molar-refractivity contribution in [3.8, 4) is 11.8 Å². The van der Waals surface area contributed by atoms with Crippen LogP contribution >= 0.6 is 0 Å². The van der Waals surface area contributed by atoms with Crippen LogP contribution in [0.1, 0.15) is 0 Å². The monoisotopic (exact) mass is 202 g/mol. The summed E-state index contributed by atoms with van der Waals surface area (Å²) in [5.74, 6) is 0.0796. The largest absolute Gasteiger partial charge is 0.476 e. The van der Waals surface area contributed by atoms with Gasteiger partial charge >= 0.3 is 0 Å².